The molecule has 0 bridgehead atoms. The molecule has 1 aromatic heterocycles. The maximum atomic E-state index is 13.0. The summed E-state index contributed by atoms with van der Waals surface area (Å²) in [5.41, 5.74) is 9.59. The van der Waals surface area contributed by atoms with Gasteiger partial charge < -0.3 is 15.2 Å². The molecule has 2 aromatic carbocycles. The van der Waals surface area contributed by atoms with Crippen molar-refractivity contribution in [2.24, 2.45) is 5.73 Å². The van der Waals surface area contributed by atoms with Crippen LogP contribution >= 0.6 is 0 Å². The number of hydrogen-bond acceptors (Lipinski definition) is 2. The lowest BCUT2D eigenvalue weighted by Gasteiger charge is -2.30. The molecule has 2 N–H and O–H groups in total. The lowest BCUT2D eigenvalue weighted by Crippen LogP contribution is -2.37. The zero-order valence-electron chi connectivity index (χ0n) is 14.3. The Bertz CT molecular complexity index is 977. The van der Waals surface area contributed by atoms with Crippen molar-refractivity contribution >= 4 is 11.8 Å². The first-order valence-corrected chi connectivity index (χ1v) is 8.57. The predicted octanol–water partition coefficient (Wildman–Crippen LogP) is 2.77. The van der Waals surface area contributed by atoms with Crippen molar-refractivity contribution in [3.63, 3.8) is 0 Å². The van der Waals surface area contributed by atoms with Crippen molar-refractivity contribution in [3.05, 3.63) is 89.2 Å². The van der Waals surface area contributed by atoms with E-state index in [-0.39, 0.29) is 5.91 Å². The Labute approximate surface area is 151 Å². The van der Waals surface area contributed by atoms with Gasteiger partial charge in [-0.25, -0.2) is 0 Å². The number of aromatic nitrogens is 1. The molecule has 0 radical (unpaired) electrons. The average Bonchev–Trinajstić information content (AvgIpc) is 3.21. The summed E-state index contributed by atoms with van der Waals surface area (Å²) >= 11 is 0. The highest BCUT2D eigenvalue weighted by molar-refractivity contribution is 5.96. The van der Waals surface area contributed by atoms with Gasteiger partial charge in [0.15, 0.2) is 0 Å². The molecule has 0 atom stereocenters. The number of rotatable bonds is 3. The summed E-state index contributed by atoms with van der Waals surface area (Å²) in [5, 5.41) is 0. The average molecular weight is 345 g/mol. The fourth-order valence-corrected chi connectivity index (χ4v) is 3.50. The van der Waals surface area contributed by atoms with Gasteiger partial charge in [0, 0.05) is 42.3 Å². The van der Waals surface area contributed by atoms with Gasteiger partial charge in [-0.15, -0.1) is 0 Å². The molecule has 4 rings (SSSR count). The number of benzene rings is 2. The highest BCUT2D eigenvalue weighted by atomic mass is 16.2. The van der Waals surface area contributed by atoms with Gasteiger partial charge in [0.2, 0.25) is 5.91 Å². The smallest absolute Gasteiger partial charge is 0.254 e. The van der Waals surface area contributed by atoms with E-state index in [2.05, 4.69) is 0 Å². The van der Waals surface area contributed by atoms with Gasteiger partial charge in [-0.3, -0.25) is 9.59 Å². The van der Waals surface area contributed by atoms with Crippen LogP contribution in [0.2, 0.25) is 0 Å². The molecule has 5 heteroatoms. The van der Waals surface area contributed by atoms with Crippen LogP contribution in [-0.2, 0) is 13.0 Å². The summed E-state index contributed by atoms with van der Waals surface area (Å²) in [6, 6.07) is 17.0. The minimum absolute atomic E-state index is 0.00543. The number of amides is 2. The number of carbonyl (C=O) groups excluding carboxylic acids is 2. The van der Waals surface area contributed by atoms with E-state index in [0.717, 1.165) is 16.8 Å². The van der Waals surface area contributed by atoms with Crippen LogP contribution in [0.4, 0.5) is 0 Å². The standard InChI is InChI=1S/C21H19N3O2/c22-20(25)19-8-4-6-16-14-24(12-9-18(16)19)21(26)15-5-3-7-17(13-15)23-10-1-2-11-23/h1-8,10-11,13H,9,12,14H2,(H2,22,25). The number of hydrogen-bond donors (Lipinski definition) is 1. The van der Waals surface area contributed by atoms with E-state index in [0.29, 0.717) is 30.6 Å². The number of primary amides is 1. The molecule has 0 saturated carbocycles. The Morgan fingerprint density at radius 1 is 0.962 bits per heavy atom. The van der Waals surface area contributed by atoms with Gasteiger partial charge in [0.05, 0.1) is 0 Å². The third-order valence-corrected chi connectivity index (χ3v) is 4.81. The topological polar surface area (TPSA) is 68.3 Å². The van der Waals surface area contributed by atoms with Crippen molar-refractivity contribution in [1.29, 1.82) is 0 Å². The second kappa shape index (κ2) is 6.52. The molecule has 3 aromatic rings. The van der Waals surface area contributed by atoms with E-state index < -0.39 is 5.91 Å². The molecule has 2 amide bonds. The summed E-state index contributed by atoms with van der Waals surface area (Å²) in [7, 11) is 0. The maximum absolute atomic E-state index is 13.0. The first-order chi connectivity index (χ1) is 12.6. The normalized spacial score (nSPS) is 13.3. The number of nitrogens with two attached hydrogens (primary N) is 1. The SMILES string of the molecule is NC(=O)c1cccc2c1CCN(C(=O)c1cccc(-n3cccc3)c1)C2. The summed E-state index contributed by atoms with van der Waals surface area (Å²) in [4.78, 5) is 26.4. The Morgan fingerprint density at radius 3 is 2.50 bits per heavy atom. The van der Waals surface area contributed by atoms with E-state index in [1.54, 1.807) is 6.07 Å². The zero-order valence-corrected chi connectivity index (χ0v) is 14.3. The first-order valence-electron chi connectivity index (χ1n) is 8.57. The second-order valence-electron chi connectivity index (χ2n) is 6.42. The Kier molecular flexibility index (Phi) is 4.05. The van der Waals surface area contributed by atoms with E-state index in [1.807, 2.05) is 70.4 Å². The minimum Gasteiger partial charge on any atom is -0.366 e. The van der Waals surface area contributed by atoms with Crippen LogP contribution in [-0.4, -0.2) is 27.8 Å². The first kappa shape index (κ1) is 16.1. The molecule has 0 saturated heterocycles. The molecule has 1 aliphatic heterocycles. The van der Waals surface area contributed by atoms with Crippen LogP contribution in [0, 0.1) is 0 Å². The number of nitrogens with zero attached hydrogens (tertiary/aromatic N) is 2. The Balaban J connectivity index is 1.60. The van der Waals surface area contributed by atoms with Gasteiger partial charge >= 0.3 is 0 Å². The number of carbonyl (C=O) groups is 2. The van der Waals surface area contributed by atoms with Crippen LogP contribution in [0.1, 0.15) is 31.8 Å². The van der Waals surface area contributed by atoms with Gasteiger partial charge in [0.1, 0.15) is 0 Å². The molecule has 0 spiro atoms. The second-order valence-corrected chi connectivity index (χ2v) is 6.42. The van der Waals surface area contributed by atoms with E-state index in [1.165, 1.54) is 0 Å². The number of fused-ring (bicyclic) bond motifs is 1. The zero-order chi connectivity index (χ0) is 18.1. The van der Waals surface area contributed by atoms with Crippen LogP contribution in [0.15, 0.2) is 67.0 Å². The Hall–Kier alpha value is -3.34. The van der Waals surface area contributed by atoms with Crippen molar-refractivity contribution in [2.75, 3.05) is 6.54 Å². The van der Waals surface area contributed by atoms with Gasteiger partial charge in [-0.05, 0) is 53.9 Å². The fraction of sp³-hybridized carbons (Fsp3) is 0.143. The molecule has 26 heavy (non-hydrogen) atoms. The summed E-state index contributed by atoms with van der Waals surface area (Å²) in [6.07, 6.45) is 4.54. The van der Waals surface area contributed by atoms with Crippen molar-refractivity contribution < 1.29 is 9.59 Å². The highest BCUT2D eigenvalue weighted by Gasteiger charge is 2.24. The molecule has 0 aliphatic carbocycles. The van der Waals surface area contributed by atoms with Crippen LogP contribution in [0.3, 0.4) is 0 Å². The molecule has 130 valence electrons. The Morgan fingerprint density at radius 2 is 1.73 bits per heavy atom. The van der Waals surface area contributed by atoms with Gasteiger partial charge in [-0.1, -0.05) is 18.2 Å². The third-order valence-electron chi connectivity index (χ3n) is 4.81. The quantitative estimate of drug-likeness (QED) is 0.793. The van der Waals surface area contributed by atoms with Crippen LogP contribution < -0.4 is 5.73 Å². The predicted molar refractivity (Wildman–Crippen MR) is 99.2 cm³/mol. The summed E-state index contributed by atoms with van der Waals surface area (Å²) < 4.78 is 1.97. The summed E-state index contributed by atoms with van der Waals surface area (Å²) in [5.74, 6) is -0.421. The molecule has 1 aliphatic rings. The highest BCUT2D eigenvalue weighted by Crippen LogP contribution is 2.24. The van der Waals surface area contributed by atoms with Crippen LogP contribution in [0.25, 0.3) is 5.69 Å². The molecule has 0 unspecified atom stereocenters. The van der Waals surface area contributed by atoms with E-state index >= 15 is 0 Å². The lowest BCUT2D eigenvalue weighted by atomic mass is 9.94. The largest absolute Gasteiger partial charge is 0.366 e. The van der Waals surface area contributed by atoms with Gasteiger partial charge in [-0.2, -0.15) is 0 Å². The third kappa shape index (κ3) is 2.88. The minimum atomic E-state index is -0.416. The monoisotopic (exact) mass is 345 g/mol. The molecule has 2 heterocycles. The molecular weight excluding hydrogens is 326 g/mol. The summed E-state index contributed by atoms with van der Waals surface area (Å²) in [6.45, 7) is 1.06. The van der Waals surface area contributed by atoms with Crippen molar-refractivity contribution in [3.8, 4) is 5.69 Å². The van der Waals surface area contributed by atoms with Crippen LogP contribution in [0.5, 0.6) is 0 Å². The molecule has 0 fully saturated rings. The fourth-order valence-electron chi connectivity index (χ4n) is 3.50. The van der Waals surface area contributed by atoms with E-state index in [9.17, 15) is 9.59 Å². The maximum Gasteiger partial charge on any atom is 0.254 e. The molecule has 5 nitrogen and oxygen atoms in total. The van der Waals surface area contributed by atoms with Crippen molar-refractivity contribution in [1.82, 2.24) is 9.47 Å². The van der Waals surface area contributed by atoms with Crippen molar-refractivity contribution in [2.45, 2.75) is 13.0 Å². The van der Waals surface area contributed by atoms with Gasteiger partial charge in [0.25, 0.3) is 5.91 Å². The van der Waals surface area contributed by atoms with E-state index in [4.69, 9.17) is 5.73 Å². The lowest BCUT2D eigenvalue weighted by molar-refractivity contribution is 0.0734. The molecular formula is C21H19N3O2.